The molecule has 3 heterocycles. The number of aromatic nitrogens is 2. The lowest BCUT2D eigenvalue weighted by molar-refractivity contribution is -0.0500. The van der Waals surface area contributed by atoms with Gasteiger partial charge in [-0.05, 0) is 63.5 Å². The molecule has 7 nitrogen and oxygen atoms in total. The number of rotatable bonds is 3. The zero-order valence-electron chi connectivity index (χ0n) is 20.5. The molecule has 194 valence electrons. The Kier molecular flexibility index (Phi) is 6.95. The highest BCUT2D eigenvalue weighted by atomic mass is 32.2. The van der Waals surface area contributed by atoms with Gasteiger partial charge in [-0.15, -0.1) is 0 Å². The van der Waals surface area contributed by atoms with Crippen LogP contribution in [0.3, 0.4) is 0 Å². The molecule has 0 bridgehead atoms. The molecule has 12 heteroatoms. The van der Waals surface area contributed by atoms with Crippen LogP contribution in [0.4, 0.5) is 13.2 Å². The molecule has 5 rings (SSSR count). The van der Waals surface area contributed by atoms with Crippen molar-refractivity contribution in [1.82, 2.24) is 9.97 Å². The number of hydrogen-bond acceptors (Lipinski definition) is 7. The molecular weight excluding hydrogens is 508 g/mol. The van der Waals surface area contributed by atoms with E-state index in [4.69, 9.17) is 9.31 Å². The molecule has 2 aromatic heterocycles. The van der Waals surface area contributed by atoms with Gasteiger partial charge >= 0.3 is 22.7 Å². The maximum Gasteiger partial charge on any atom is 0.534 e. The first-order chi connectivity index (χ1) is 17.2. The van der Waals surface area contributed by atoms with Crippen LogP contribution in [0.1, 0.15) is 27.7 Å². The molecule has 0 amide bonds. The molecule has 0 saturated carbocycles. The zero-order chi connectivity index (χ0) is 27.1. The molecule has 37 heavy (non-hydrogen) atoms. The number of halogens is 3. The average Bonchev–Trinajstić information content (AvgIpc) is 3.05. The van der Waals surface area contributed by atoms with Crippen molar-refractivity contribution in [1.29, 1.82) is 0 Å². The van der Waals surface area contributed by atoms with Gasteiger partial charge in [-0.25, -0.2) is 0 Å². The molecule has 0 atom stereocenters. The van der Waals surface area contributed by atoms with Gasteiger partial charge in [-0.1, -0.05) is 24.3 Å². The Balaban J connectivity index is 0.000000173. The molecule has 0 spiro atoms. The average molecular weight is 532 g/mol. The van der Waals surface area contributed by atoms with Gasteiger partial charge in [0.25, 0.3) is 0 Å². The molecule has 1 aliphatic heterocycles. The van der Waals surface area contributed by atoms with Gasteiger partial charge in [0.05, 0.1) is 22.2 Å². The van der Waals surface area contributed by atoms with Crippen LogP contribution in [0, 0.1) is 0 Å². The third-order valence-corrected chi connectivity index (χ3v) is 7.20. The minimum Gasteiger partial charge on any atom is -0.399 e. The van der Waals surface area contributed by atoms with Crippen molar-refractivity contribution in [2.24, 2.45) is 0 Å². The minimum absolute atomic E-state index is 0.309. The minimum atomic E-state index is -5.65. The van der Waals surface area contributed by atoms with Gasteiger partial charge in [0.1, 0.15) is 5.75 Å². The number of pyridine rings is 2. The van der Waals surface area contributed by atoms with Crippen LogP contribution in [0.5, 0.6) is 5.75 Å². The van der Waals surface area contributed by atoms with Crippen LogP contribution in [0.15, 0.2) is 73.1 Å². The van der Waals surface area contributed by atoms with Gasteiger partial charge < -0.3 is 13.5 Å². The second-order valence-corrected chi connectivity index (χ2v) is 10.9. The summed E-state index contributed by atoms with van der Waals surface area (Å²) in [6.07, 6.45) is 3.24. The lowest BCUT2D eigenvalue weighted by Crippen LogP contribution is -2.41. The lowest BCUT2D eigenvalue weighted by atomic mass is 9.79. The van der Waals surface area contributed by atoms with Crippen LogP contribution < -0.4 is 9.65 Å². The summed E-state index contributed by atoms with van der Waals surface area (Å²) in [5.41, 5.74) is -3.74. The Morgan fingerprint density at radius 1 is 0.811 bits per heavy atom. The molecule has 0 aliphatic carbocycles. The van der Waals surface area contributed by atoms with E-state index in [2.05, 4.69) is 54.0 Å². The molecule has 1 aliphatic rings. The Hall–Kier alpha value is -3.22. The van der Waals surface area contributed by atoms with Crippen molar-refractivity contribution in [2.45, 2.75) is 44.4 Å². The molecule has 1 fully saturated rings. The van der Waals surface area contributed by atoms with E-state index in [9.17, 15) is 21.6 Å². The summed E-state index contributed by atoms with van der Waals surface area (Å²) in [7, 11) is -5.97. The van der Waals surface area contributed by atoms with Gasteiger partial charge in [0, 0.05) is 29.2 Å². The summed E-state index contributed by atoms with van der Waals surface area (Å²) in [4.78, 5) is 8.25. The van der Waals surface area contributed by atoms with E-state index in [1.807, 2.05) is 18.2 Å². The summed E-state index contributed by atoms with van der Waals surface area (Å²) in [5.74, 6) is -0.432. The largest absolute Gasteiger partial charge is 0.534 e. The van der Waals surface area contributed by atoms with E-state index in [0.29, 0.717) is 10.9 Å². The van der Waals surface area contributed by atoms with E-state index in [0.717, 1.165) is 28.5 Å². The lowest BCUT2D eigenvalue weighted by Gasteiger charge is -2.32. The Morgan fingerprint density at radius 2 is 1.32 bits per heavy atom. The fourth-order valence-electron chi connectivity index (χ4n) is 3.48. The number of benzene rings is 2. The van der Waals surface area contributed by atoms with Crippen molar-refractivity contribution in [3.63, 3.8) is 0 Å². The summed E-state index contributed by atoms with van der Waals surface area (Å²) < 4.78 is 74.0. The summed E-state index contributed by atoms with van der Waals surface area (Å²) in [5, 5.41) is 1.79. The first-order valence-electron chi connectivity index (χ1n) is 11.2. The van der Waals surface area contributed by atoms with Crippen LogP contribution in [0.2, 0.25) is 0 Å². The fraction of sp³-hybridized carbons (Fsp3) is 0.280. The summed E-state index contributed by atoms with van der Waals surface area (Å²) in [6.45, 7) is 8.25. The number of nitrogens with zero attached hydrogens (tertiary/aromatic N) is 2. The number of fused-ring (bicyclic) bond motifs is 2. The van der Waals surface area contributed by atoms with E-state index >= 15 is 0 Å². The van der Waals surface area contributed by atoms with Gasteiger partial charge in [0.15, 0.2) is 0 Å². The SMILES string of the molecule is CC1(C)OB(c2ccc3cccnc3c2)OC1(C)C.O=S(=O)(Oc1ccc2cccnc2c1)C(F)(F)F. The highest BCUT2D eigenvalue weighted by Gasteiger charge is 2.51. The van der Waals surface area contributed by atoms with Gasteiger partial charge in [0.2, 0.25) is 0 Å². The van der Waals surface area contributed by atoms with Crippen LogP contribution in [-0.4, -0.2) is 42.2 Å². The third kappa shape index (κ3) is 5.71. The maximum atomic E-state index is 12.1. The molecular formula is C25H24BF3N2O5S. The van der Waals surface area contributed by atoms with Gasteiger partial charge in [-0.2, -0.15) is 21.6 Å². The summed E-state index contributed by atoms with van der Waals surface area (Å²) >= 11 is 0. The van der Waals surface area contributed by atoms with E-state index in [-0.39, 0.29) is 18.3 Å². The van der Waals surface area contributed by atoms with Crippen molar-refractivity contribution < 1.29 is 35.1 Å². The predicted octanol–water partition coefficient (Wildman–Crippen LogP) is 5.00. The monoisotopic (exact) mass is 532 g/mol. The first kappa shape index (κ1) is 26.8. The van der Waals surface area contributed by atoms with Crippen molar-refractivity contribution >= 4 is 44.5 Å². The molecule has 2 aromatic carbocycles. The Bertz CT molecular complexity index is 1530. The quantitative estimate of drug-likeness (QED) is 0.209. The molecule has 1 saturated heterocycles. The molecule has 0 radical (unpaired) electrons. The highest BCUT2D eigenvalue weighted by molar-refractivity contribution is 7.88. The first-order valence-corrected chi connectivity index (χ1v) is 12.7. The smallest absolute Gasteiger partial charge is 0.399 e. The van der Waals surface area contributed by atoms with E-state index in [1.165, 1.54) is 12.3 Å². The second-order valence-electron chi connectivity index (χ2n) is 9.38. The Morgan fingerprint density at radius 3 is 1.86 bits per heavy atom. The predicted molar refractivity (Wildman–Crippen MR) is 135 cm³/mol. The number of hydrogen-bond donors (Lipinski definition) is 0. The normalized spacial score (nSPS) is 16.9. The van der Waals surface area contributed by atoms with Crippen LogP contribution >= 0.6 is 0 Å². The maximum absolute atomic E-state index is 12.1. The number of alkyl halides is 3. The topological polar surface area (TPSA) is 87.6 Å². The van der Waals surface area contributed by atoms with Crippen molar-refractivity contribution in [3.05, 3.63) is 73.1 Å². The van der Waals surface area contributed by atoms with Gasteiger partial charge in [-0.3, -0.25) is 9.97 Å². The standard InChI is InChI=1S/C15H18BNO2.C10H6F3NO3S/c1-14(2)15(3,4)19-16(18-14)12-8-7-11-6-5-9-17-13(11)10-12;11-10(12,13)18(15,16)17-8-4-3-7-2-1-5-14-9(7)6-8/h5-10H,1-4H3;1-6H. The van der Waals surface area contributed by atoms with E-state index < -0.39 is 21.4 Å². The van der Waals surface area contributed by atoms with Crippen LogP contribution in [-0.2, 0) is 19.4 Å². The molecule has 0 unspecified atom stereocenters. The molecule has 4 aromatic rings. The van der Waals surface area contributed by atoms with E-state index in [1.54, 1.807) is 18.3 Å². The fourth-order valence-corrected chi connectivity index (χ4v) is 3.93. The zero-order valence-corrected chi connectivity index (χ0v) is 21.3. The Labute approximate surface area is 212 Å². The van der Waals surface area contributed by atoms with Crippen molar-refractivity contribution in [2.75, 3.05) is 0 Å². The third-order valence-electron chi connectivity index (χ3n) is 6.22. The second kappa shape index (κ2) is 9.58. The summed E-state index contributed by atoms with van der Waals surface area (Å²) in [6, 6.07) is 17.1. The van der Waals surface area contributed by atoms with Crippen LogP contribution in [0.25, 0.3) is 21.8 Å². The van der Waals surface area contributed by atoms with Crippen molar-refractivity contribution in [3.8, 4) is 5.75 Å². The molecule has 0 N–H and O–H groups in total. The highest BCUT2D eigenvalue weighted by Crippen LogP contribution is 2.36.